The van der Waals surface area contributed by atoms with Gasteiger partial charge in [0, 0.05) is 23.1 Å². The Hall–Kier alpha value is -3.23. The first-order valence-corrected chi connectivity index (χ1v) is 9.45. The Bertz CT molecular complexity index is 1120. The molecule has 4 rings (SSSR count). The fraction of sp³-hybridized carbons (Fsp3) is 0.318. The van der Waals surface area contributed by atoms with Crippen molar-refractivity contribution in [3.63, 3.8) is 0 Å². The van der Waals surface area contributed by atoms with Gasteiger partial charge in [-0.2, -0.15) is 0 Å². The van der Waals surface area contributed by atoms with Gasteiger partial charge in [-0.15, -0.1) is 0 Å². The number of ether oxygens (including phenoxy) is 1. The van der Waals surface area contributed by atoms with E-state index < -0.39 is 46.7 Å². The summed E-state index contributed by atoms with van der Waals surface area (Å²) in [6.07, 6.45) is -1.55. The van der Waals surface area contributed by atoms with Crippen LogP contribution in [0.15, 0.2) is 24.3 Å². The third-order valence-corrected chi connectivity index (χ3v) is 6.14. The van der Waals surface area contributed by atoms with E-state index in [1.54, 1.807) is 6.92 Å². The molecular formula is C22H20O8. The Morgan fingerprint density at radius 3 is 2.50 bits per heavy atom. The Labute approximate surface area is 171 Å². The number of fused-ring (bicyclic) bond motifs is 3. The molecule has 2 aromatic rings. The van der Waals surface area contributed by atoms with Crippen molar-refractivity contribution in [2.24, 2.45) is 0 Å². The van der Waals surface area contributed by atoms with Gasteiger partial charge < -0.3 is 25.2 Å². The normalized spacial score (nSPS) is 24.7. The fourth-order valence-electron chi connectivity index (χ4n) is 4.60. The predicted molar refractivity (Wildman–Crippen MR) is 103 cm³/mol. The molecule has 0 saturated carbocycles. The highest BCUT2D eigenvalue weighted by Gasteiger charge is 2.51. The second kappa shape index (κ2) is 6.65. The molecule has 2 aliphatic carbocycles. The van der Waals surface area contributed by atoms with Crippen LogP contribution in [-0.2, 0) is 9.53 Å². The molecule has 2 aliphatic rings. The van der Waals surface area contributed by atoms with Crippen molar-refractivity contribution in [3.05, 3.63) is 57.6 Å². The van der Waals surface area contributed by atoms with Gasteiger partial charge in [-0.05, 0) is 24.1 Å². The maximum atomic E-state index is 13.1. The molecule has 8 nitrogen and oxygen atoms in total. The van der Waals surface area contributed by atoms with Gasteiger partial charge in [0.15, 0.2) is 5.78 Å². The molecule has 0 fully saturated rings. The molecule has 0 saturated heterocycles. The third-order valence-electron chi connectivity index (χ3n) is 6.14. The minimum atomic E-state index is -1.67. The summed E-state index contributed by atoms with van der Waals surface area (Å²) in [4.78, 5) is 38.7. The summed E-state index contributed by atoms with van der Waals surface area (Å²) in [5, 5.41) is 42.7. The van der Waals surface area contributed by atoms with E-state index in [1.165, 1.54) is 24.3 Å². The number of ketones is 2. The van der Waals surface area contributed by atoms with E-state index in [1.807, 2.05) is 0 Å². The summed E-state index contributed by atoms with van der Waals surface area (Å²) in [5.41, 5.74) is -2.53. The highest BCUT2D eigenvalue weighted by atomic mass is 16.5. The number of phenolic OH excluding ortho intramolecular Hbond substituents is 2. The zero-order valence-corrected chi connectivity index (χ0v) is 16.3. The average molecular weight is 412 g/mol. The van der Waals surface area contributed by atoms with E-state index in [-0.39, 0.29) is 46.2 Å². The second-order valence-corrected chi connectivity index (χ2v) is 7.64. The highest BCUT2D eigenvalue weighted by Crippen LogP contribution is 2.52. The zero-order valence-electron chi connectivity index (χ0n) is 16.3. The van der Waals surface area contributed by atoms with Crippen LogP contribution in [0.1, 0.15) is 74.8 Å². The van der Waals surface area contributed by atoms with E-state index in [9.17, 15) is 34.8 Å². The van der Waals surface area contributed by atoms with Crippen LogP contribution in [-0.4, -0.2) is 50.7 Å². The van der Waals surface area contributed by atoms with Crippen molar-refractivity contribution in [1.82, 2.24) is 0 Å². The maximum Gasteiger partial charge on any atom is 0.316 e. The molecule has 156 valence electrons. The molecular weight excluding hydrogens is 392 g/mol. The number of aromatic hydroxyl groups is 2. The van der Waals surface area contributed by atoms with Crippen molar-refractivity contribution in [3.8, 4) is 11.5 Å². The lowest BCUT2D eigenvalue weighted by Crippen LogP contribution is -2.46. The number of aliphatic hydroxyl groups excluding tert-OH is 1. The number of phenols is 2. The Morgan fingerprint density at radius 2 is 1.87 bits per heavy atom. The van der Waals surface area contributed by atoms with E-state index in [0.29, 0.717) is 0 Å². The summed E-state index contributed by atoms with van der Waals surface area (Å²) >= 11 is 0. The molecule has 0 amide bonds. The lowest BCUT2D eigenvalue weighted by atomic mass is 9.67. The highest BCUT2D eigenvalue weighted by molar-refractivity contribution is 6.30. The molecule has 3 atom stereocenters. The van der Waals surface area contributed by atoms with Gasteiger partial charge >= 0.3 is 5.97 Å². The minimum Gasteiger partial charge on any atom is -0.507 e. The lowest BCUT2D eigenvalue weighted by Gasteiger charge is -2.42. The summed E-state index contributed by atoms with van der Waals surface area (Å²) in [6, 6.07) is 5.30. The number of hydrogen-bond acceptors (Lipinski definition) is 8. The first-order valence-electron chi connectivity index (χ1n) is 9.45. The summed E-state index contributed by atoms with van der Waals surface area (Å²) in [6.45, 7) is 1.64. The van der Waals surface area contributed by atoms with Gasteiger partial charge in [0.05, 0.1) is 29.9 Å². The molecule has 2 aromatic carbocycles. The molecule has 0 aliphatic heterocycles. The summed E-state index contributed by atoms with van der Waals surface area (Å²) < 4.78 is 4.84. The smallest absolute Gasteiger partial charge is 0.316 e. The number of methoxy groups -OCH3 is 1. The molecule has 0 radical (unpaired) electrons. The molecule has 30 heavy (non-hydrogen) atoms. The van der Waals surface area contributed by atoms with E-state index in [2.05, 4.69) is 0 Å². The van der Waals surface area contributed by atoms with Crippen LogP contribution in [0.2, 0.25) is 0 Å². The van der Waals surface area contributed by atoms with Crippen LogP contribution in [0, 0.1) is 0 Å². The Balaban J connectivity index is 2.05. The van der Waals surface area contributed by atoms with Crippen molar-refractivity contribution in [2.75, 3.05) is 7.11 Å². The van der Waals surface area contributed by atoms with Gasteiger partial charge in [0.1, 0.15) is 17.4 Å². The zero-order chi connectivity index (χ0) is 22.0. The number of aliphatic hydroxyl groups is 2. The average Bonchev–Trinajstić information content (AvgIpc) is 2.70. The van der Waals surface area contributed by atoms with E-state index in [0.717, 1.165) is 7.11 Å². The van der Waals surface area contributed by atoms with Crippen molar-refractivity contribution < 1.29 is 39.5 Å². The molecule has 0 spiro atoms. The van der Waals surface area contributed by atoms with Gasteiger partial charge in [-0.1, -0.05) is 19.1 Å². The molecule has 8 heteroatoms. The number of benzene rings is 2. The lowest BCUT2D eigenvalue weighted by molar-refractivity contribution is -0.153. The Morgan fingerprint density at radius 1 is 1.17 bits per heavy atom. The monoisotopic (exact) mass is 412 g/mol. The molecule has 0 aromatic heterocycles. The van der Waals surface area contributed by atoms with Gasteiger partial charge in [0.25, 0.3) is 0 Å². The Kier molecular flexibility index (Phi) is 4.44. The topological polar surface area (TPSA) is 141 Å². The standard InChI is InChI=1S/C22H20O8/c1-3-22(29)8-13(24)15-10(17(22)21(28)30-2)7-11-16(20(15)27)19(26)14-9(18(11)25)5-4-6-12(14)23/h4-7,13,17,23-24,27,29H,3,8H2,1-2H3/t13-,17-,22-/m1/s1. The van der Waals surface area contributed by atoms with Crippen LogP contribution in [0.4, 0.5) is 0 Å². The molecule has 0 bridgehead atoms. The number of esters is 1. The number of hydrogen-bond donors (Lipinski definition) is 4. The quantitative estimate of drug-likeness (QED) is 0.466. The van der Waals surface area contributed by atoms with Gasteiger partial charge in [-0.25, -0.2) is 0 Å². The van der Waals surface area contributed by atoms with Gasteiger partial charge in [-0.3, -0.25) is 14.4 Å². The van der Waals surface area contributed by atoms with E-state index >= 15 is 0 Å². The van der Waals surface area contributed by atoms with Crippen LogP contribution in [0.3, 0.4) is 0 Å². The van der Waals surface area contributed by atoms with Crippen molar-refractivity contribution in [2.45, 2.75) is 37.4 Å². The van der Waals surface area contributed by atoms with E-state index in [4.69, 9.17) is 4.74 Å². The SMILES string of the molecule is CC[C@@]1(O)C[C@@H](O)c2c(cc3c(c2O)C(=O)c2c(O)cccc2C3=O)[C@@H]1C(=O)OC. The number of carbonyl (C=O) groups is 3. The maximum absolute atomic E-state index is 13.1. The summed E-state index contributed by atoms with van der Waals surface area (Å²) in [5.74, 6) is -4.50. The number of rotatable bonds is 2. The molecule has 0 unspecified atom stereocenters. The van der Waals surface area contributed by atoms with Crippen molar-refractivity contribution >= 4 is 17.5 Å². The third kappa shape index (κ3) is 2.50. The predicted octanol–water partition coefficient (Wildman–Crippen LogP) is 1.71. The van der Waals surface area contributed by atoms with Crippen LogP contribution < -0.4 is 0 Å². The molecule has 4 N–H and O–H groups in total. The first-order chi connectivity index (χ1) is 14.2. The number of carbonyl (C=O) groups excluding carboxylic acids is 3. The van der Waals surface area contributed by atoms with Crippen LogP contribution >= 0.6 is 0 Å². The van der Waals surface area contributed by atoms with Gasteiger partial charge in [0.2, 0.25) is 5.78 Å². The van der Waals surface area contributed by atoms with Crippen LogP contribution in [0.5, 0.6) is 11.5 Å². The fourth-order valence-corrected chi connectivity index (χ4v) is 4.60. The second-order valence-electron chi connectivity index (χ2n) is 7.64. The van der Waals surface area contributed by atoms with Crippen molar-refractivity contribution in [1.29, 1.82) is 0 Å². The largest absolute Gasteiger partial charge is 0.507 e. The first kappa shape index (κ1) is 20.1. The van der Waals surface area contributed by atoms with Crippen LogP contribution in [0.25, 0.3) is 0 Å². The summed E-state index contributed by atoms with van der Waals surface area (Å²) in [7, 11) is 1.15. The molecule has 0 heterocycles. The minimum absolute atomic E-state index is 0.0333.